The van der Waals surface area contributed by atoms with Crippen molar-refractivity contribution in [3.8, 4) is 11.4 Å². The van der Waals surface area contributed by atoms with E-state index in [1.807, 2.05) is 60.7 Å². The normalized spacial score (nSPS) is 12.2. The lowest BCUT2D eigenvalue weighted by molar-refractivity contribution is 0.318. The summed E-state index contributed by atoms with van der Waals surface area (Å²) in [4.78, 5) is 3.17. The van der Waals surface area contributed by atoms with Crippen LogP contribution < -0.4 is 0 Å². The summed E-state index contributed by atoms with van der Waals surface area (Å²) < 4.78 is 3.20. The molecule has 0 fully saturated rings. The smallest absolute Gasteiger partial charge is 0.155 e. The van der Waals surface area contributed by atoms with Crippen LogP contribution in [0, 0.1) is 0 Å². The molecule has 11 nitrogen and oxygen atoms in total. The number of aromatic nitrogens is 7. The monoisotopic (exact) mass is 453 g/mol. The lowest BCUT2D eigenvalue weighted by atomic mass is 10.1. The van der Waals surface area contributed by atoms with E-state index >= 15 is 0 Å². The molecule has 3 aromatic heterocycles. The summed E-state index contributed by atoms with van der Waals surface area (Å²) in [6, 6.07) is 22.6. The van der Waals surface area contributed by atoms with E-state index in [2.05, 4.69) is 35.9 Å². The van der Waals surface area contributed by atoms with Gasteiger partial charge in [-0.25, -0.2) is 9.36 Å². The summed E-state index contributed by atoms with van der Waals surface area (Å²) in [5.41, 5.74) is 4.30. The number of para-hydroxylation sites is 2. The van der Waals surface area contributed by atoms with Crippen LogP contribution in [0.25, 0.3) is 11.4 Å². The number of oxime groups is 2. The maximum absolute atomic E-state index is 9.65. The van der Waals surface area contributed by atoms with Gasteiger partial charge >= 0.3 is 0 Å². The molecule has 3 heterocycles. The lowest BCUT2D eigenvalue weighted by Gasteiger charge is -2.01. The molecule has 0 spiro atoms. The fourth-order valence-corrected chi connectivity index (χ4v) is 3.46. The SMILES string of the molecule is O/N=C(\c1cn(-c2ccccc2)nn1)c1ccc(C/C(=N\O)c2cn(-c3ccccc3)nn2)[nH]1. The fraction of sp³-hybridized carbons (Fsp3) is 0.0435. The van der Waals surface area contributed by atoms with Crippen LogP contribution in [0.2, 0.25) is 0 Å². The van der Waals surface area contributed by atoms with Gasteiger partial charge in [-0.2, -0.15) is 0 Å². The first kappa shape index (κ1) is 20.8. The maximum Gasteiger partial charge on any atom is 0.155 e. The molecular weight excluding hydrogens is 434 g/mol. The third-order valence-corrected chi connectivity index (χ3v) is 5.15. The quantitative estimate of drug-likeness (QED) is 0.196. The number of hydrogen-bond donors (Lipinski definition) is 3. The fourth-order valence-electron chi connectivity index (χ4n) is 3.46. The van der Waals surface area contributed by atoms with E-state index in [-0.39, 0.29) is 12.1 Å². The highest BCUT2D eigenvalue weighted by atomic mass is 16.4. The Kier molecular flexibility index (Phi) is 5.64. The minimum atomic E-state index is 0.228. The zero-order valence-electron chi connectivity index (χ0n) is 17.8. The number of rotatable bonds is 7. The second-order valence-corrected chi connectivity index (χ2v) is 7.34. The van der Waals surface area contributed by atoms with Crippen LogP contribution >= 0.6 is 0 Å². The van der Waals surface area contributed by atoms with Gasteiger partial charge < -0.3 is 15.4 Å². The predicted octanol–water partition coefficient (Wildman–Crippen LogP) is 2.82. The third kappa shape index (κ3) is 4.17. The molecule has 0 unspecified atom stereocenters. The minimum Gasteiger partial charge on any atom is -0.411 e. The summed E-state index contributed by atoms with van der Waals surface area (Å²) in [6.07, 6.45) is 3.61. The van der Waals surface area contributed by atoms with Crippen LogP contribution in [0.15, 0.2) is 95.5 Å². The van der Waals surface area contributed by atoms with E-state index in [9.17, 15) is 10.4 Å². The van der Waals surface area contributed by atoms with E-state index in [1.165, 1.54) is 0 Å². The van der Waals surface area contributed by atoms with Crippen molar-refractivity contribution in [3.05, 3.63) is 108 Å². The number of nitrogens with one attached hydrogen (secondary N) is 1. The summed E-state index contributed by atoms with van der Waals surface area (Å²) >= 11 is 0. The molecule has 5 rings (SSSR count). The first-order valence-electron chi connectivity index (χ1n) is 10.3. The standard InChI is InChI=1S/C23H19N9O2/c33-27-20(21-14-31(29-25-21)17-7-3-1-4-8-17)13-16-11-12-19(24-16)23(28-34)22-15-32(30-26-22)18-9-5-2-6-10-18/h1-12,14-15,24,33-34H,13H2/b27-20+,28-23-. The Bertz CT molecular complexity index is 1450. The summed E-state index contributed by atoms with van der Waals surface area (Å²) in [5.74, 6) is 0. The van der Waals surface area contributed by atoms with Gasteiger partial charge in [0.25, 0.3) is 0 Å². The van der Waals surface area contributed by atoms with Crippen molar-refractivity contribution in [2.75, 3.05) is 0 Å². The van der Waals surface area contributed by atoms with E-state index in [4.69, 9.17) is 0 Å². The van der Waals surface area contributed by atoms with E-state index < -0.39 is 0 Å². The second-order valence-electron chi connectivity index (χ2n) is 7.34. The Morgan fingerprint density at radius 2 is 1.32 bits per heavy atom. The van der Waals surface area contributed by atoms with Crippen LogP contribution in [0.5, 0.6) is 0 Å². The number of H-pyrrole nitrogens is 1. The summed E-state index contributed by atoms with van der Waals surface area (Å²) in [5, 5.41) is 42.5. The van der Waals surface area contributed by atoms with Crippen LogP contribution in [0.3, 0.4) is 0 Å². The Morgan fingerprint density at radius 3 is 1.91 bits per heavy atom. The van der Waals surface area contributed by atoms with Gasteiger partial charge in [-0.15, -0.1) is 10.2 Å². The Balaban J connectivity index is 1.34. The van der Waals surface area contributed by atoms with E-state index in [0.29, 0.717) is 28.5 Å². The van der Waals surface area contributed by atoms with Gasteiger partial charge in [0.2, 0.25) is 0 Å². The van der Waals surface area contributed by atoms with Crippen molar-refractivity contribution in [3.63, 3.8) is 0 Å². The van der Waals surface area contributed by atoms with Crippen molar-refractivity contribution >= 4 is 11.4 Å². The van der Waals surface area contributed by atoms with Gasteiger partial charge in [0.05, 0.1) is 29.5 Å². The molecular formula is C23H19N9O2. The van der Waals surface area contributed by atoms with Gasteiger partial charge in [-0.1, -0.05) is 57.1 Å². The van der Waals surface area contributed by atoms with Crippen molar-refractivity contribution in [2.24, 2.45) is 10.3 Å². The van der Waals surface area contributed by atoms with E-state index in [1.54, 1.807) is 33.9 Å². The molecule has 2 aromatic carbocycles. The van der Waals surface area contributed by atoms with Crippen LogP contribution in [0.4, 0.5) is 0 Å². The van der Waals surface area contributed by atoms with Crippen molar-refractivity contribution in [2.45, 2.75) is 6.42 Å². The Morgan fingerprint density at radius 1 is 0.735 bits per heavy atom. The first-order valence-corrected chi connectivity index (χ1v) is 10.3. The lowest BCUT2D eigenvalue weighted by Crippen LogP contribution is -2.08. The van der Waals surface area contributed by atoms with Gasteiger partial charge in [-0.3, -0.25) is 0 Å². The maximum atomic E-state index is 9.65. The Labute approximate surface area is 193 Å². The second kappa shape index (κ2) is 9.20. The molecule has 3 N–H and O–H groups in total. The molecule has 168 valence electrons. The molecule has 0 amide bonds. The largest absolute Gasteiger partial charge is 0.411 e. The molecule has 0 atom stereocenters. The molecule has 0 radical (unpaired) electrons. The highest BCUT2D eigenvalue weighted by Gasteiger charge is 2.17. The first-order chi connectivity index (χ1) is 16.7. The van der Waals surface area contributed by atoms with Crippen LogP contribution in [-0.2, 0) is 6.42 Å². The van der Waals surface area contributed by atoms with Gasteiger partial charge in [-0.05, 0) is 36.4 Å². The predicted molar refractivity (Wildman–Crippen MR) is 123 cm³/mol. The molecule has 0 saturated carbocycles. The molecule has 0 saturated heterocycles. The molecule has 34 heavy (non-hydrogen) atoms. The molecule has 0 aliphatic heterocycles. The van der Waals surface area contributed by atoms with Gasteiger partial charge in [0.1, 0.15) is 17.1 Å². The van der Waals surface area contributed by atoms with Gasteiger partial charge in [0.15, 0.2) is 5.71 Å². The highest BCUT2D eigenvalue weighted by Crippen LogP contribution is 2.14. The summed E-state index contributed by atoms with van der Waals surface area (Å²) in [7, 11) is 0. The summed E-state index contributed by atoms with van der Waals surface area (Å²) in [6.45, 7) is 0. The molecule has 11 heteroatoms. The van der Waals surface area contributed by atoms with Crippen LogP contribution in [-0.4, -0.2) is 56.8 Å². The molecule has 0 bridgehead atoms. The zero-order valence-corrected chi connectivity index (χ0v) is 17.8. The average Bonchev–Trinajstić information content (AvgIpc) is 3.66. The third-order valence-electron chi connectivity index (χ3n) is 5.15. The molecule has 0 aliphatic rings. The number of aromatic amines is 1. The number of benzene rings is 2. The highest BCUT2D eigenvalue weighted by molar-refractivity contribution is 6.10. The minimum absolute atomic E-state index is 0.228. The average molecular weight is 453 g/mol. The van der Waals surface area contributed by atoms with E-state index in [0.717, 1.165) is 11.4 Å². The van der Waals surface area contributed by atoms with Crippen LogP contribution in [0.1, 0.15) is 22.8 Å². The topological polar surface area (TPSA) is 142 Å². The van der Waals surface area contributed by atoms with Crippen molar-refractivity contribution in [1.29, 1.82) is 0 Å². The zero-order chi connectivity index (χ0) is 23.3. The Hall–Kier alpha value is -5.06. The number of hydrogen-bond acceptors (Lipinski definition) is 8. The molecule has 0 aliphatic carbocycles. The number of nitrogens with zero attached hydrogens (tertiary/aromatic N) is 8. The van der Waals surface area contributed by atoms with Crippen molar-refractivity contribution < 1.29 is 10.4 Å². The van der Waals surface area contributed by atoms with Crippen molar-refractivity contribution in [1.82, 2.24) is 35.0 Å². The van der Waals surface area contributed by atoms with Gasteiger partial charge in [0, 0.05) is 12.1 Å². The molecule has 5 aromatic rings.